The molecule has 1 aliphatic carbocycles. The first-order valence-corrected chi connectivity index (χ1v) is 21.0. The Morgan fingerprint density at radius 1 is 0.950 bits per heavy atom. The van der Waals surface area contributed by atoms with Crippen molar-refractivity contribution in [3.8, 4) is 17.6 Å². The molecule has 5 aliphatic rings. The molecule has 4 heterocycles. The number of nitriles is 1. The molecule has 3 aromatic carbocycles. The van der Waals surface area contributed by atoms with Gasteiger partial charge in [0.2, 0.25) is 11.8 Å². The highest BCUT2D eigenvalue weighted by Gasteiger charge is 2.64. The number of allylic oxidation sites excluding steroid dienone is 1. The molecule has 60 heavy (non-hydrogen) atoms. The van der Waals surface area contributed by atoms with Gasteiger partial charge in [-0.3, -0.25) is 29.5 Å². The summed E-state index contributed by atoms with van der Waals surface area (Å²) in [6.07, 6.45) is 6.19. The average Bonchev–Trinajstić information content (AvgIpc) is 3.83. The highest BCUT2D eigenvalue weighted by molar-refractivity contribution is 6.31. The lowest BCUT2D eigenvalue weighted by atomic mass is 9.49. The summed E-state index contributed by atoms with van der Waals surface area (Å²) in [5.74, 6) is 0.286. The molecular weight excluding hydrogens is 784 g/mol. The largest absolute Gasteiger partial charge is 0.490 e. The maximum Gasteiger partial charge on any atom is 0.255 e. The maximum absolute atomic E-state index is 13.5. The zero-order valence-corrected chi connectivity index (χ0v) is 35.1. The van der Waals surface area contributed by atoms with Crippen molar-refractivity contribution >= 4 is 40.9 Å². The van der Waals surface area contributed by atoms with Gasteiger partial charge in [0.25, 0.3) is 11.8 Å². The minimum absolute atomic E-state index is 0.0856. The first kappa shape index (κ1) is 41.1. The normalized spacial score (nSPS) is 23.5. The van der Waals surface area contributed by atoms with Gasteiger partial charge in [-0.2, -0.15) is 5.26 Å². The van der Waals surface area contributed by atoms with Crippen LogP contribution in [-0.2, 0) is 16.1 Å². The summed E-state index contributed by atoms with van der Waals surface area (Å²) in [6, 6.07) is 19.4. The van der Waals surface area contributed by atoms with E-state index in [1.807, 2.05) is 47.6 Å². The molecule has 1 saturated carbocycles. The van der Waals surface area contributed by atoms with Crippen LogP contribution in [0.1, 0.15) is 98.1 Å². The van der Waals surface area contributed by atoms with E-state index >= 15 is 0 Å². The second-order valence-electron chi connectivity index (χ2n) is 17.6. The van der Waals surface area contributed by atoms with Crippen molar-refractivity contribution in [3.63, 3.8) is 0 Å². The lowest BCUT2D eigenvalue weighted by Gasteiger charge is -2.63. The fraction of sp³-hybridized carbons (Fsp3) is 0.444. The van der Waals surface area contributed by atoms with Gasteiger partial charge in [-0.05, 0) is 98.8 Å². The van der Waals surface area contributed by atoms with Crippen molar-refractivity contribution in [3.05, 3.63) is 99.8 Å². The van der Waals surface area contributed by atoms with Gasteiger partial charge in [0.15, 0.2) is 0 Å². The van der Waals surface area contributed by atoms with Crippen LogP contribution >= 0.6 is 11.6 Å². The van der Waals surface area contributed by atoms with Gasteiger partial charge in [-0.15, -0.1) is 5.53 Å². The summed E-state index contributed by atoms with van der Waals surface area (Å²) < 4.78 is 12.7. The summed E-state index contributed by atoms with van der Waals surface area (Å²) in [5, 5.41) is 17.1. The number of carbonyl (C=O) groups is 4. The van der Waals surface area contributed by atoms with Crippen molar-refractivity contribution in [2.75, 3.05) is 24.6 Å². The van der Waals surface area contributed by atoms with Gasteiger partial charge < -0.3 is 30.0 Å². The summed E-state index contributed by atoms with van der Waals surface area (Å²) in [5.41, 5.74) is 10.1. The number of imide groups is 1. The summed E-state index contributed by atoms with van der Waals surface area (Å²) in [7, 11) is 0. The van der Waals surface area contributed by atoms with Crippen molar-refractivity contribution in [1.29, 1.82) is 5.26 Å². The smallest absolute Gasteiger partial charge is 0.255 e. The number of halogens is 1. The van der Waals surface area contributed by atoms with Gasteiger partial charge in [-0.25, -0.2) is 0 Å². The average molecular weight is 835 g/mol. The number of hydrogen-bond donors (Lipinski definition) is 4. The molecule has 2 saturated heterocycles. The highest BCUT2D eigenvalue weighted by Crippen LogP contribution is 2.55. The predicted octanol–water partition coefficient (Wildman–Crippen LogP) is 5.58. The number of carbonyl (C=O) groups excluding carboxylic acids is 4. The van der Waals surface area contributed by atoms with E-state index in [0.717, 1.165) is 68.0 Å². The molecule has 3 fully saturated rings. The van der Waals surface area contributed by atoms with Crippen LogP contribution in [0, 0.1) is 22.2 Å². The van der Waals surface area contributed by atoms with Crippen LogP contribution in [0.15, 0.2) is 72.6 Å². The van der Waals surface area contributed by atoms with E-state index in [1.165, 1.54) is 0 Å². The number of likely N-dealkylation sites (tertiary alicyclic amines) is 1. The second-order valence-corrected chi connectivity index (χ2v) is 18.0. The molecular formula is C45H51ClN8O6. The zero-order valence-electron chi connectivity index (χ0n) is 34.3. The summed E-state index contributed by atoms with van der Waals surface area (Å²) >= 11 is 6.25. The van der Waals surface area contributed by atoms with Crippen LogP contribution in [0.5, 0.6) is 11.5 Å². The fourth-order valence-electron chi connectivity index (χ4n) is 9.76. The lowest BCUT2D eigenvalue weighted by molar-refractivity contribution is -0.164. The minimum Gasteiger partial charge on any atom is -0.490 e. The van der Waals surface area contributed by atoms with Crippen molar-refractivity contribution in [2.45, 2.75) is 97.1 Å². The molecule has 8 rings (SSSR count). The Kier molecular flexibility index (Phi) is 11.3. The molecule has 4 N–H and O–H groups in total. The predicted molar refractivity (Wildman–Crippen MR) is 224 cm³/mol. The van der Waals surface area contributed by atoms with Crippen LogP contribution < -0.4 is 36.1 Å². The third-order valence-corrected chi connectivity index (χ3v) is 13.0. The molecule has 314 valence electrons. The quantitative estimate of drug-likeness (QED) is 0.168. The third-order valence-electron chi connectivity index (χ3n) is 12.7. The second kappa shape index (κ2) is 16.4. The van der Waals surface area contributed by atoms with Crippen LogP contribution in [0.3, 0.4) is 0 Å². The Morgan fingerprint density at radius 2 is 1.67 bits per heavy atom. The van der Waals surface area contributed by atoms with Crippen LogP contribution in [0.25, 0.3) is 0 Å². The van der Waals surface area contributed by atoms with Crippen molar-refractivity contribution < 1.29 is 28.7 Å². The standard InChI is InChI=1S/C45H51ClN8O6/c1-44(2)42(45(3,4)43(44)60-34-12-9-28(24-47)36(46)23-34)49-39(56)27-7-10-31(11-8-27)54-26-30(50-51-54)6-5-19-52-20-17-32(18-21-52)59-33-13-14-35-29(22-33)25-53(41(35)58)37-15-16-38(55)48-40(37)57/h7-14,22-23,26,32,37,42-43,50-51H,5-6,15-21,25H2,1-4H3,(H,49,56)(H,48,55,57)/t37?,42-,43-. The van der Waals surface area contributed by atoms with Crippen molar-refractivity contribution in [2.24, 2.45) is 10.8 Å². The summed E-state index contributed by atoms with van der Waals surface area (Å²) in [6.45, 7) is 11.5. The molecule has 3 aromatic rings. The molecule has 15 heteroatoms. The van der Waals surface area contributed by atoms with E-state index < -0.39 is 11.9 Å². The Morgan fingerprint density at radius 3 is 2.37 bits per heavy atom. The zero-order chi connectivity index (χ0) is 42.3. The number of nitrogens with one attached hydrogen (secondary N) is 4. The fourth-order valence-corrected chi connectivity index (χ4v) is 9.98. The third kappa shape index (κ3) is 8.13. The number of hydrazine groups is 2. The molecule has 4 amide bonds. The van der Waals surface area contributed by atoms with E-state index in [-0.39, 0.29) is 53.2 Å². The van der Waals surface area contributed by atoms with Crippen LogP contribution in [0.4, 0.5) is 5.69 Å². The molecule has 1 atom stereocenters. The number of amides is 4. The Labute approximate surface area is 355 Å². The van der Waals surface area contributed by atoms with Gasteiger partial charge >= 0.3 is 0 Å². The van der Waals surface area contributed by atoms with Crippen LogP contribution in [0.2, 0.25) is 5.02 Å². The van der Waals surface area contributed by atoms with Gasteiger partial charge in [0, 0.05) is 72.0 Å². The molecule has 0 spiro atoms. The Hall–Kier alpha value is -5.62. The monoisotopic (exact) mass is 834 g/mol. The van der Waals surface area contributed by atoms with Gasteiger partial charge in [-0.1, -0.05) is 39.3 Å². The Balaban J connectivity index is 0.760. The van der Waals surface area contributed by atoms with E-state index in [9.17, 15) is 24.4 Å². The van der Waals surface area contributed by atoms with Crippen molar-refractivity contribution in [1.82, 2.24) is 31.4 Å². The molecule has 4 aliphatic heterocycles. The minimum atomic E-state index is -0.632. The maximum atomic E-state index is 13.5. The van der Waals surface area contributed by atoms with E-state index in [1.54, 1.807) is 29.2 Å². The van der Waals surface area contributed by atoms with Gasteiger partial charge in [0.05, 0.1) is 16.3 Å². The molecule has 0 bridgehead atoms. The van der Waals surface area contributed by atoms with Crippen LogP contribution in [-0.4, -0.2) is 77.4 Å². The first-order valence-electron chi connectivity index (χ1n) is 20.7. The van der Waals surface area contributed by atoms with Gasteiger partial charge in [0.1, 0.15) is 35.8 Å². The number of benzene rings is 3. The number of fused-ring (bicyclic) bond motifs is 1. The van der Waals surface area contributed by atoms with E-state index in [4.69, 9.17) is 21.1 Å². The number of ether oxygens (including phenoxy) is 2. The molecule has 1 unspecified atom stereocenters. The Bertz CT molecular complexity index is 2250. The van der Waals surface area contributed by atoms with E-state index in [0.29, 0.717) is 40.4 Å². The van der Waals surface area contributed by atoms with E-state index in [2.05, 4.69) is 60.3 Å². The SMILES string of the molecule is CC1(C)[C@H](NC(=O)c2ccc(N3C=C(CCCN4CCC(Oc5ccc6c(c5)CN(C5CCC(=O)NC5=O)C6=O)CC4)NN3)cc2)C(C)(C)[C@H]1Oc1ccc(C#N)c(Cl)c1. The lowest BCUT2D eigenvalue weighted by Crippen LogP contribution is -2.74. The number of rotatable bonds is 12. The number of anilines is 1. The number of piperidine rings is 2. The topological polar surface area (TPSA) is 168 Å². The number of nitrogens with zero attached hydrogens (tertiary/aromatic N) is 4. The number of hydrogen-bond acceptors (Lipinski definition) is 11. The molecule has 14 nitrogen and oxygen atoms in total. The molecule has 0 aromatic heterocycles. The highest BCUT2D eigenvalue weighted by atomic mass is 35.5. The summed E-state index contributed by atoms with van der Waals surface area (Å²) in [4.78, 5) is 54.5. The molecule has 0 radical (unpaired) electrons. The first-order chi connectivity index (χ1) is 28.7.